The summed E-state index contributed by atoms with van der Waals surface area (Å²) in [5.74, 6) is -0.686. The molecule has 0 aromatic carbocycles. The summed E-state index contributed by atoms with van der Waals surface area (Å²) in [5.41, 5.74) is 0. The molecule has 0 aromatic heterocycles. The zero-order valence-corrected chi connectivity index (χ0v) is 18.3. The van der Waals surface area contributed by atoms with Gasteiger partial charge in [-0.05, 0) is 12.8 Å². The molecule has 154 valence electrons. The van der Waals surface area contributed by atoms with Gasteiger partial charge in [0.05, 0.1) is 0 Å². The van der Waals surface area contributed by atoms with Crippen molar-refractivity contribution in [2.45, 2.75) is 117 Å². The Morgan fingerprint density at radius 2 is 0.840 bits per heavy atom. The maximum absolute atomic E-state index is 11.6. The van der Waals surface area contributed by atoms with Gasteiger partial charge in [-0.1, -0.05) is 90.9 Å². The van der Waals surface area contributed by atoms with Crippen LogP contribution in [0, 0.1) is 0 Å². The molecule has 0 bridgehead atoms. The summed E-state index contributed by atoms with van der Waals surface area (Å²) in [6.07, 6.45) is 17.2. The number of carbonyl (C=O) groups is 2. The normalized spacial score (nSPS) is 9.84. The van der Waals surface area contributed by atoms with Gasteiger partial charge in [0.2, 0.25) is 0 Å². The first kappa shape index (κ1) is 29.9. The molecule has 25 heavy (non-hydrogen) atoms. The summed E-state index contributed by atoms with van der Waals surface area (Å²) in [7, 11) is 0. The fourth-order valence-corrected chi connectivity index (χ4v) is 2.68. The van der Waals surface area contributed by atoms with Gasteiger partial charge in [0.25, 0.3) is 0 Å². The van der Waals surface area contributed by atoms with Crippen molar-refractivity contribution >= 4 is 11.9 Å². The molecule has 5 heteroatoms. The minimum atomic E-state index is -0.345. The molecule has 0 amide bonds. The van der Waals surface area contributed by atoms with Crippen molar-refractivity contribution < 1.29 is 47.9 Å². The summed E-state index contributed by atoms with van der Waals surface area (Å²) in [6, 6.07) is 0. The van der Waals surface area contributed by atoms with Crippen molar-refractivity contribution in [3.8, 4) is 0 Å². The Balaban J connectivity index is -0.00000242. The molecule has 0 saturated heterocycles. The fraction of sp³-hybridized carbons (Fsp3) is 0.900. The Kier molecular flexibility index (Phi) is 28.9. The first-order chi connectivity index (χ1) is 11.2. The first-order valence-electron chi connectivity index (χ1n) is 9.94. The number of carbonyl (C=O) groups excluding carboxylic acids is 2. The van der Waals surface area contributed by atoms with E-state index >= 15 is 0 Å². The number of rotatable bonds is 16. The zero-order chi connectivity index (χ0) is 17.2. The molecule has 0 rings (SSSR count). The van der Waals surface area contributed by atoms with Crippen LogP contribution in [0.2, 0.25) is 0 Å². The second-order valence-corrected chi connectivity index (χ2v) is 6.59. The van der Waals surface area contributed by atoms with E-state index in [2.05, 4.69) is 13.8 Å². The molecule has 0 fully saturated rings. The van der Waals surface area contributed by atoms with Crippen LogP contribution in [-0.2, 0) is 47.9 Å². The molecule has 0 aliphatic carbocycles. The standard InChI is InChI=1S/C20H38O3.Fe.Ni/c1-3-5-7-9-10-11-12-14-16-18-20(22)23-19(21)17-15-13-8-6-4-2;;/h3-18H2,1-2H3;;. The quantitative estimate of drug-likeness (QED) is 0.122. The second-order valence-electron chi connectivity index (χ2n) is 6.59. The summed E-state index contributed by atoms with van der Waals surface area (Å²) < 4.78 is 4.85. The predicted octanol–water partition coefficient (Wildman–Crippen LogP) is 6.33. The fourth-order valence-electron chi connectivity index (χ4n) is 2.68. The van der Waals surface area contributed by atoms with Gasteiger partial charge in [-0.15, -0.1) is 0 Å². The molecule has 0 spiro atoms. The van der Waals surface area contributed by atoms with Crippen LogP contribution in [0.5, 0.6) is 0 Å². The average molecular weight is 441 g/mol. The number of esters is 2. The van der Waals surface area contributed by atoms with E-state index in [0.717, 1.165) is 32.1 Å². The van der Waals surface area contributed by atoms with Gasteiger partial charge in [0.1, 0.15) is 0 Å². The van der Waals surface area contributed by atoms with Crippen molar-refractivity contribution in [3.05, 3.63) is 0 Å². The topological polar surface area (TPSA) is 43.4 Å². The number of hydrogen-bond donors (Lipinski definition) is 0. The van der Waals surface area contributed by atoms with Crippen LogP contribution in [0.1, 0.15) is 117 Å². The van der Waals surface area contributed by atoms with Crippen molar-refractivity contribution in [3.63, 3.8) is 0 Å². The van der Waals surface area contributed by atoms with Crippen LogP contribution in [0.25, 0.3) is 0 Å². The Bertz CT molecular complexity index is 299. The number of hydrogen-bond acceptors (Lipinski definition) is 3. The van der Waals surface area contributed by atoms with Crippen LogP contribution in [-0.4, -0.2) is 11.9 Å². The van der Waals surface area contributed by atoms with Crippen LogP contribution < -0.4 is 0 Å². The molecule has 0 unspecified atom stereocenters. The molecule has 0 saturated carbocycles. The zero-order valence-electron chi connectivity index (χ0n) is 16.2. The predicted molar refractivity (Wildman–Crippen MR) is 96.3 cm³/mol. The summed E-state index contributed by atoms with van der Waals surface area (Å²) >= 11 is 0. The largest absolute Gasteiger partial charge is 0.393 e. The van der Waals surface area contributed by atoms with Gasteiger partial charge in [-0.2, -0.15) is 0 Å². The van der Waals surface area contributed by atoms with Gasteiger partial charge in [-0.25, -0.2) is 0 Å². The van der Waals surface area contributed by atoms with Crippen molar-refractivity contribution in [2.24, 2.45) is 0 Å². The van der Waals surface area contributed by atoms with E-state index < -0.39 is 0 Å². The molecule has 0 aromatic rings. The van der Waals surface area contributed by atoms with E-state index in [1.165, 1.54) is 57.8 Å². The number of ether oxygens (including phenoxy) is 1. The smallest absolute Gasteiger partial charge is 0.313 e. The third-order valence-electron chi connectivity index (χ3n) is 4.20. The molecule has 0 radical (unpaired) electrons. The van der Waals surface area contributed by atoms with Crippen LogP contribution in [0.15, 0.2) is 0 Å². The Hall–Kier alpha value is 0.153. The number of unbranched alkanes of at least 4 members (excludes halogenated alkanes) is 12. The van der Waals surface area contributed by atoms with Crippen LogP contribution in [0.4, 0.5) is 0 Å². The van der Waals surface area contributed by atoms with E-state index in [0.29, 0.717) is 12.8 Å². The molecule has 0 N–H and O–H groups in total. The summed E-state index contributed by atoms with van der Waals surface area (Å²) in [6.45, 7) is 4.40. The van der Waals surface area contributed by atoms with Crippen LogP contribution >= 0.6 is 0 Å². The minimum absolute atomic E-state index is 0. The third kappa shape index (κ3) is 24.2. The first-order valence-corrected chi connectivity index (χ1v) is 9.94. The van der Waals surface area contributed by atoms with Crippen LogP contribution in [0.3, 0.4) is 0 Å². The van der Waals surface area contributed by atoms with Crippen molar-refractivity contribution in [1.29, 1.82) is 0 Å². The molecular formula is C20H38FeNiO3. The van der Waals surface area contributed by atoms with Gasteiger partial charge in [0.15, 0.2) is 0 Å². The average Bonchev–Trinajstić information content (AvgIpc) is 2.53. The summed E-state index contributed by atoms with van der Waals surface area (Å²) in [5, 5.41) is 0. The Morgan fingerprint density at radius 1 is 0.560 bits per heavy atom. The molecule has 0 aliphatic heterocycles. The molecule has 0 aliphatic rings. The van der Waals surface area contributed by atoms with E-state index in [9.17, 15) is 9.59 Å². The molecular weight excluding hydrogens is 403 g/mol. The Labute approximate surface area is 176 Å². The monoisotopic (exact) mass is 440 g/mol. The van der Waals surface area contributed by atoms with Gasteiger partial charge in [0, 0.05) is 46.4 Å². The van der Waals surface area contributed by atoms with E-state index in [1.54, 1.807) is 0 Å². The SMILES string of the molecule is CCCCCCCCCCCC(=O)OC(=O)CCCCCCC.[Fe].[Ni]. The van der Waals surface area contributed by atoms with Gasteiger partial charge >= 0.3 is 11.9 Å². The minimum Gasteiger partial charge on any atom is -0.393 e. The second kappa shape index (κ2) is 24.2. The van der Waals surface area contributed by atoms with Gasteiger partial charge in [-0.3, -0.25) is 9.59 Å². The van der Waals surface area contributed by atoms with Crippen molar-refractivity contribution in [1.82, 2.24) is 0 Å². The Morgan fingerprint density at radius 3 is 1.16 bits per heavy atom. The van der Waals surface area contributed by atoms with E-state index in [-0.39, 0.29) is 45.5 Å². The molecule has 0 heterocycles. The molecule has 3 nitrogen and oxygen atoms in total. The maximum atomic E-state index is 11.6. The van der Waals surface area contributed by atoms with E-state index in [4.69, 9.17) is 4.74 Å². The third-order valence-corrected chi connectivity index (χ3v) is 4.20. The maximum Gasteiger partial charge on any atom is 0.313 e. The van der Waals surface area contributed by atoms with E-state index in [1.807, 2.05) is 0 Å². The van der Waals surface area contributed by atoms with Crippen molar-refractivity contribution in [2.75, 3.05) is 0 Å². The molecule has 0 atom stereocenters. The summed E-state index contributed by atoms with van der Waals surface area (Å²) in [4.78, 5) is 23.1. The van der Waals surface area contributed by atoms with Gasteiger partial charge < -0.3 is 4.74 Å².